The Morgan fingerprint density at radius 2 is 1.84 bits per heavy atom. The molecule has 0 saturated heterocycles. The van der Waals surface area contributed by atoms with Crippen LogP contribution in [0.15, 0.2) is 48.5 Å². The van der Waals surface area contributed by atoms with Crippen LogP contribution in [0.3, 0.4) is 0 Å². The highest BCUT2D eigenvalue weighted by Gasteiger charge is 2.32. The lowest BCUT2D eigenvalue weighted by Gasteiger charge is -2.29. The summed E-state index contributed by atoms with van der Waals surface area (Å²) < 4.78 is 5.37. The largest absolute Gasteiger partial charge is 0.496 e. The molecule has 4 amide bonds. The Labute approximate surface area is 220 Å². The number of ether oxygens (including phenoxy) is 1. The Balaban J connectivity index is 1.50. The van der Waals surface area contributed by atoms with Crippen LogP contribution in [0.4, 0.5) is 5.69 Å². The Kier molecular flexibility index (Phi) is 7.99. The zero-order valence-electron chi connectivity index (χ0n) is 21.7. The quantitative estimate of drug-likeness (QED) is 0.279. The summed E-state index contributed by atoms with van der Waals surface area (Å²) in [5, 5.41) is 9.09. The minimum atomic E-state index is -1.02. The highest BCUT2D eigenvalue weighted by atomic mass is 16.5. The van der Waals surface area contributed by atoms with Crippen LogP contribution in [0, 0.1) is 5.92 Å². The molecule has 3 atom stereocenters. The van der Waals surface area contributed by atoms with Gasteiger partial charge in [0.15, 0.2) is 0 Å². The first-order chi connectivity index (χ1) is 18.2. The number of aromatic amines is 1. The first kappa shape index (κ1) is 26.7. The Hall–Kier alpha value is -4.34. The summed E-state index contributed by atoms with van der Waals surface area (Å²) in [6.45, 7) is 3.87. The van der Waals surface area contributed by atoms with E-state index in [9.17, 15) is 19.2 Å². The van der Waals surface area contributed by atoms with Crippen molar-refractivity contribution in [3.8, 4) is 5.75 Å². The van der Waals surface area contributed by atoms with Gasteiger partial charge in [-0.15, -0.1) is 0 Å². The maximum Gasteiger partial charge on any atom is 0.268 e. The zero-order chi connectivity index (χ0) is 27.4. The number of hydrogen-bond donors (Lipinski definition) is 5. The van der Waals surface area contributed by atoms with Gasteiger partial charge in [-0.1, -0.05) is 38.1 Å². The minimum Gasteiger partial charge on any atom is -0.496 e. The number of carbonyl (C=O) groups is 4. The molecule has 200 valence electrons. The predicted octanol–water partition coefficient (Wildman–Crippen LogP) is 2.81. The maximum absolute atomic E-state index is 13.3. The molecule has 1 aromatic heterocycles. The number of para-hydroxylation sites is 1. The monoisotopic (exact) mass is 519 g/mol. The highest BCUT2D eigenvalue weighted by Crippen LogP contribution is 2.35. The second-order valence-electron chi connectivity index (χ2n) is 10.00. The molecule has 2 heterocycles. The molecule has 0 aliphatic carbocycles. The molecule has 0 radical (unpaired) electrons. The molecule has 0 fully saturated rings. The number of carbonyl (C=O) groups excluding carboxylic acids is 4. The van der Waals surface area contributed by atoms with Gasteiger partial charge in [0.1, 0.15) is 23.5 Å². The molecule has 1 aliphatic heterocycles. The van der Waals surface area contributed by atoms with Crippen molar-refractivity contribution >= 4 is 40.2 Å². The number of aromatic nitrogens is 1. The van der Waals surface area contributed by atoms with Gasteiger partial charge in [0.2, 0.25) is 17.7 Å². The van der Waals surface area contributed by atoms with Gasteiger partial charge in [0.05, 0.1) is 7.11 Å². The first-order valence-electron chi connectivity index (χ1n) is 12.6. The summed E-state index contributed by atoms with van der Waals surface area (Å²) in [5.41, 5.74) is 8.24. The van der Waals surface area contributed by atoms with Crippen molar-refractivity contribution in [3.05, 3.63) is 59.8 Å². The second kappa shape index (κ2) is 11.4. The van der Waals surface area contributed by atoms with Gasteiger partial charge in [-0.25, -0.2) is 0 Å². The number of hydrogen-bond acceptors (Lipinski definition) is 5. The summed E-state index contributed by atoms with van der Waals surface area (Å²) in [5.74, 6) is -1.44. The van der Waals surface area contributed by atoms with Crippen LogP contribution >= 0.6 is 0 Å². The number of amides is 4. The second-order valence-corrected chi connectivity index (χ2v) is 10.00. The van der Waals surface area contributed by atoms with E-state index < -0.39 is 29.8 Å². The first-order valence-corrected chi connectivity index (χ1v) is 12.6. The molecule has 6 N–H and O–H groups in total. The van der Waals surface area contributed by atoms with E-state index in [4.69, 9.17) is 10.5 Å². The number of benzene rings is 2. The minimum absolute atomic E-state index is 0.0785. The van der Waals surface area contributed by atoms with Gasteiger partial charge in [0.25, 0.3) is 5.91 Å². The van der Waals surface area contributed by atoms with Gasteiger partial charge in [-0.3, -0.25) is 19.2 Å². The molecule has 3 unspecified atom stereocenters. The van der Waals surface area contributed by atoms with E-state index in [0.717, 1.165) is 16.5 Å². The fourth-order valence-electron chi connectivity index (χ4n) is 4.88. The van der Waals surface area contributed by atoms with Crippen LogP contribution in [0.25, 0.3) is 10.9 Å². The van der Waals surface area contributed by atoms with E-state index in [1.165, 1.54) is 0 Å². The average molecular weight is 520 g/mol. The van der Waals surface area contributed by atoms with Gasteiger partial charge in [0, 0.05) is 23.0 Å². The number of H-pyrrole nitrogens is 1. The van der Waals surface area contributed by atoms with Gasteiger partial charge in [-0.05, 0) is 54.5 Å². The number of fused-ring (bicyclic) bond motifs is 2. The third-order valence-electron chi connectivity index (χ3n) is 6.70. The standard InChI is InChI=1S/C28H33N5O5/c1-15(2)11-22(33-28(37)23-14-18-20(30-23)9-6-10-24(18)38-3)27(36)32-21(26(29)35)12-16-13-25(34)31-19-8-5-4-7-17(16)19/h4-10,14-16,21-22,30H,11-13H2,1-3H3,(H2,29,35)(H,31,34)(H,32,36)(H,33,37). The van der Waals surface area contributed by atoms with Crippen LogP contribution in [0.2, 0.25) is 0 Å². The topological polar surface area (TPSA) is 155 Å². The molecule has 1 aliphatic rings. The molecular weight excluding hydrogens is 486 g/mol. The van der Waals surface area contributed by atoms with Crippen molar-refractivity contribution in [2.45, 2.75) is 51.1 Å². The SMILES string of the molecule is COc1cccc2[nH]c(C(=O)NC(CC(C)C)C(=O)NC(CC3CC(=O)Nc4ccccc43)C(N)=O)cc12. The number of nitrogens with two attached hydrogens (primary N) is 1. The van der Waals surface area contributed by atoms with E-state index in [0.29, 0.717) is 17.9 Å². The van der Waals surface area contributed by atoms with Crippen LogP contribution in [-0.4, -0.2) is 47.8 Å². The summed E-state index contributed by atoms with van der Waals surface area (Å²) in [4.78, 5) is 54.1. The van der Waals surface area contributed by atoms with Crippen molar-refractivity contribution < 1.29 is 23.9 Å². The maximum atomic E-state index is 13.3. The molecule has 3 aromatic rings. The van der Waals surface area contributed by atoms with Crippen LogP contribution < -0.4 is 26.4 Å². The van der Waals surface area contributed by atoms with E-state index in [1.807, 2.05) is 44.2 Å². The molecule has 0 spiro atoms. The number of anilines is 1. The smallest absolute Gasteiger partial charge is 0.268 e. The fourth-order valence-corrected chi connectivity index (χ4v) is 4.88. The molecule has 4 rings (SSSR count). The third-order valence-corrected chi connectivity index (χ3v) is 6.70. The van der Waals surface area contributed by atoms with Crippen LogP contribution in [0.5, 0.6) is 5.75 Å². The van der Waals surface area contributed by atoms with Gasteiger partial charge in [-0.2, -0.15) is 0 Å². The van der Waals surface area contributed by atoms with Crippen LogP contribution in [-0.2, 0) is 14.4 Å². The van der Waals surface area contributed by atoms with Gasteiger partial charge >= 0.3 is 0 Å². The molecule has 10 heteroatoms. The summed E-state index contributed by atoms with van der Waals surface area (Å²) in [6.07, 6.45) is 0.684. The normalized spacial score (nSPS) is 16.3. The molecule has 2 aromatic carbocycles. The molecule has 10 nitrogen and oxygen atoms in total. The number of rotatable bonds is 10. The Bertz CT molecular complexity index is 1360. The van der Waals surface area contributed by atoms with Crippen molar-refractivity contribution in [2.75, 3.05) is 12.4 Å². The summed E-state index contributed by atoms with van der Waals surface area (Å²) in [6, 6.07) is 12.5. The fraction of sp³-hybridized carbons (Fsp3) is 0.357. The van der Waals surface area contributed by atoms with E-state index in [2.05, 4.69) is 20.9 Å². The lowest BCUT2D eigenvalue weighted by atomic mass is 9.85. The van der Waals surface area contributed by atoms with E-state index >= 15 is 0 Å². The average Bonchev–Trinajstić information content (AvgIpc) is 3.32. The number of primary amides is 1. The Morgan fingerprint density at radius 3 is 2.55 bits per heavy atom. The number of nitrogens with one attached hydrogen (secondary N) is 4. The van der Waals surface area contributed by atoms with Crippen molar-refractivity contribution in [1.82, 2.24) is 15.6 Å². The molecule has 0 saturated carbocycles. The summed E-state index contributed by atoms with van der Waals surface area (Å²) >= 11 is 0. The van der Waals surface area contributed by atoms with E-state index in [-0.39, 0.29) is 36.3 Å². The van der Waals surface area contributed by atoms with E-state index in [1.54, 1.807) is 25.3 Å². The highest BCUT2D eigenvalue weighted by molar-refractivity contribution is 6.02. The third kappa shape index (κ3) is 5.96. The lowest BCUT2D eigenvalue weighted by molar-refractivity contribution is -0.129. The molecular formula is C28H33N5O5. The van der Waals surface area contributed by atoms with Crippen molar-refractivity contribution in [2.24, 2.45) is 11.7 Å². The summed E-state index contributed by atoms with van der Waals surface area (Å²) in [7, 11) is 1.55. The molecule has 0 bridgehead atoms. The van der Waals surface area contributed by atoms with Crippen LogP contribution in [0.1, 0.15) is 55.1 Å². The Morgan fingerprint density at radius 1 is 1.08 bits per heavy atom. The number of methoxy groups -OCH3 is 1. The lowest BCUT2D eigenvalue weighted by Crippen LogP contribution is -2.53. The van der Waals surface area contributed by atoms with Crippen molar-refractivity contribution in [1.29, 1.82) is 0 Å². The van der Waals surface area contributed by atoms with Crippen molar-refractivity contribution in [3.63, 3.8) is 0 Å². The van der Waals surface area contributed by atoms with Gasteiger partial charge < -0.3 is 31.4 Å². The predicted molar refractivity (Wildman–Crippen MR) is 144 cm³/mol. The molecule has 38 heavy (non-hydrogen) atoms. The zero-order valence-corrected chi connectivity index (χ0v) is 21.7.